The van der Waals surface area contributed by atoms with Gasteiger partial charge in [-0.3, -0.25) is 4.98 Å². The van der Waals surface area contributed by atoms with Gasteiger partial charge < -0.3 is 0 Å². The molecule has 0 saturated heterocycles. The van der Waals surface area contributed by atoms with Crippen molar-refractivity contribution in [1.29, 1.82) is 5.26 Å². The summed E-state index contributed by atoms with van der Waals surface area (Å²) in [7, 11) is 0. The number of nitrogens with zero attached hydrogens (tertiary/aromatic N) is 3. The van der Waals surface area contributed by atoms with Crippen molar-refractivity contribution in [1.82, 2.24) is 9.97 Å². The molecule has 0 radical (unpaired) electrons. The van der Waals surface area contributed by atoms with Crippen molar-refractivity contribution in [2.45, 2.75) is 12.8 Å². The van der Waals surface area contributed by atoms with Crippen molar-refractivity contribution in [3.8, 4) is 17.5 Å². The van der Waals surface area contributed by atoms with Crippen molar-refractivity contribution < 1.29 is 0 Å². The summed E-state index contributed by atoms with van der Waals surface area (Å²) >= 11 is 1.58. The van der Waals surface area contributed by atoms with Crippen LogP contribution in [0.15, 0.2) is 29.8 Å². The molecule has 3 nitrogen and oxygen atoms in total. The van der Waals surface area contributed by atoms with Gasteiger partial charge in [-0.1, -0.05) is 6.07 Å². The third kappa shape index (κ3) is 2.39. The van der Waals surface area contributed by atoms with E-state index in [4.69, 9.17) is 5.26 Å². The van der Waals surface area contributed by atoms with E-state index in [9.17, 15) is 0 Å². The Labute approximate surface area is 92.1 Å². The molecular weight excluding hydrogens is 206 g/mol. The average Bonchev–Trinajstić information content (AvgIpc) is 2.76. The number of pyridine rings is 1. The first kappa shape index (κ1) is 9.81. The molecule has 0 aromatic carbocycles. The van der Waals surface area contributed by atoms with Crippen LogP contribution in [0, 0.1) is 11.3 Å². The highest BCUT2D eigenvalue weighted by atomic mass is 32.1. The molecule has 0 spiro atoms. The minimum atomic E-state index is 0.523. The highest BCUT2D eigenvalue weighted by molar-refractivity contribution is 7.09. The monoisotopic (exact) mass is 215 g/mol. The lowest BCUT2D eigenvalue weighted by Crippen LogP contribution is -1.84. The van der Waals surface area contributed by atoms with Gasteiger partial charge in [0.1, 0.15) is 0 Å². The second-order valence-corrected chi connectivity index (χ2v) is 3.94. The van der Waals surface area contributed by atoms with Gasteiger partial charge in [0.05, 0.1) is 22.5 Å². The third-order valence-corrected chi connectivity index (χ3v) is 2.84. The predicted octanol–water partition coefficient (Wildman–Crippen LogP) is 2.66. The van der Waals surface area contributed by atoms with Crippen molar-refractivity contribution in [3.63, 3.8) is 0 Å². The number of hydrogen-bond acceptors (Lipinski definition) is 4. The summed E-state index contributed by atoms with van der Waals surface area (Å²) in [5.41, 5.74) is 1.78. The molecule has 74 valence electrons. The predicted molar refractivity (Wildman–Crippen MR) is 59.3 cm³/mol. The summed E-state index contributed by atoms with van der Waals surface area (Å²) < 4.78 is 0. The van der Waals surface area contributed by atoms with Crippen LogP contribution in [0.4, 0.5) is 0 Å². The molecule has 0 aliphatic carbocycles. The van der Waals surface area contributed by atoms with Crippen molar-refractivity contribution in [2.24, 2.45) is 0 Å². The zero-order valence-electron chi connectivity index (χ0n) is 8.05. The SMILES string of the molecule is N#CCCc1nc(-c2ccccn2)cs1. The number of rotatable bonds is 3. The quantitative estimate of drug-likeness (QED) is 0.790. The number of aromatic nitrogens is 2. The highest BCUT2D eigenvalue weighted by Gasteiger charge is 2.04. The van der Waals surface area contributed by atoms with Gasteiger partial charge in [-0.2, -0.15) is 5.26 Å². The molecule has 0 aliphatic heterocycles. The minimum absolute atomic E-state index is 0.523. The van der Waals surface area contributed by atoms with E-state index in [1.54, 1.807) is 17.5 Å². The van der Waals surface area contributed by atoms with Gasteiger partial charge in [0.2, 0.25) is 0 Å². The van der Waals surface area contributed by atoms with Crippen LogP contribution in [-0.2, 0) is 6.42 Å². The Morgan fingerprint density at radius 3 is 3.00 bits per heavy atom. The first-order valence-electron chi connectivity index (χ1n) is 4.63. The Morgan fingerprint density at radius 1 is 1.33 bits per heavy atom. The fourth-order valence-electron chi connectivity index (χ4n) is 1.22. The smallest absolute Gasteiger partial charge is 0.0998 e. The number of thiazole rings is 1. The number of hydrogen-bond donors (Lipinski definition) is 0. The second kappa shape index (κ2) is 4.67. The lowest BCUT2D eigenvalue weighted by Gasteiger charge is -1.92. The van der Waals surface area contributed by atoms with E-state index in [-0.39, 0.29) is 0 Å². The van der Waals surface area contributed by atoms with Crippen molar-refractivity contribution >= 4 is 11.3 Å². The van der Waals surface area contributed by atoms with E-state index in [1.807, 2.05) is 23.6 Å². The van der Waals surface area contributed by atoms with Crippen LogP contribution in [0.25, 0.3) is 11.4 Å². The molecule has 2 aromatic rings. The fraction of sp³-hybridized carbons (Fsp3) is 0.182. The summed E-state index contributed by atoms with van der Waals surface area (Å²) in [4.78, 5) is 8.64. The zero-order valence-corrected chi connectivity index (χ0v) is 8.87. The molecule has 4 heteroatoms. The average molecular weight is 215 g/mol. The minimum Gasteiger partial charge on any atom is -0.255 e. The van der Waals surface area contributed by atoms with Gasteiger partial charge in [0, 0.05) is 24.4 Å². The lowest BCUT2D eigenvalue weighted by atomic mass is 10.3. The Bertz CT molecular complexity index is 470. The molecule has 0 N–H and O–H groups in total. The van der Waals surface area contributed by atoms with Gasteiger partial charge in [-0.15, -0.1) is 11.3 Å². The molecule has 0 aliphatic rings. The highest BCUT2D eigenvalue weighted by Crippen LogP contribution is 2.20. The summed E-state index contributed by atoms with van der Waals surface area (Å²) in [5.74, 6) is 0. The van der Waals surface area contributed by atoms with Crippen LogP contribution in [-0.4, -0.2) is 9.97 Å². The maximum absolute atomic E-state index is 8.47. The Balaban J connectivity index is 2.18. The van der Waals surface area contributed by atoms with Crippen LogP contribution in [0.5, 0.6) is 0 Å². The zero-order chi connectivity index (χ0) is 10.5. The molecule has 0 bridgehead atoms. The van der Waals surface area contributed by atoms with E-state index in [0.717, 1.165) is 22.8 Å². The molecule has 2 rings (SSSR count). The summed E-state index contributed by atoms with van der Waals surface area (Å²) in [5, 5.41) is 11.4. The normalized spacial score (nSPS) is 9.80. The molecular formula is C11H9N3S. The van der Waals surface area contributed by atoms with E-state index >= 15 is 0 Å². The fourth-order valence-corrected chi connectivity index (χ4v) is 2.01. The van der Waals surface area contributed by atoms with Gasteiger partial charge >= 0.3 is 0 Å². The molecule has 0 atom stereocenters. The van der Waals surface area contributed by atoms with Crippen LogP contribution in [0.1, 0.15) is 11.4 Å². The molecule has 0 unspecified atom stereocenters. The Hall–Kier alpha value is -1.73. The standard InChI is InChI=1S/C11H9N3S/c12-6-3-5-11-14-10(8-15-11)9-4-1-2-7-13-9/h1-2,4,7-8H,3,5H2. The number of nitriles is 1. The van der Waals surface area contributed by atoms with Crippen molar-refractivity contribution in [2.75, 3.05) is 0 Å². The van der Waals surface area contributed by atoms with Crippen LogP contribution in [0.2, 0.25) is 0 Å². The third-order valence-electron chi connectivity index (χ3n) is 1.93. The molecule has 2 heterocycles. The van der Waals surface area contributed by atoms with Crippen LogP contribution < -0.4 is 0 Å². The van der Waals surface area contributed by atoms with E-state index in [0.29, 0.717) is 6.42 Å². The van der Waals surface area contributed by atoms with Gasteiger partial charge in [-0.05, 0) is 12.1 Å². The maximum atomic E-state index is 8.47. The van der Waals surface area contributed by atoms with E-state index in [2.05, 4.69) is 16.0 Å². The largest absolute Gasteiger partial charge is 0.255 e. The van der Waals surface area contributed by atoms with Gasteiger partial charge in [-0.25, -0.2) is 4.98 Å². The molecule has 15 heavy (non-hydrogen) atoms. The topological polar surface area (TPSA) is 49.6 Å². The lowest BCUT2D eigenvalue weighted by molar-refractivity contribution is 0.989. The summed E-state index contributed by atoms with van der Waals surface area (Å²) in [6.07, 6.45) is 3.01. The summed E-state index contributed by atoms with van der Waals surface area (Å²) in [6.45, 7) is 0. The molecule has 2 aromatic heterocycles. The van der Waals surface area contributed by atoms with Gasteiger partial charge in [0.25, 0.3) is 0 Å². The van der Waals surface area contributed by atoms with Crippen LogP contribution in [0.3, 0.4) is 0 Å². The van der Waals surface area contributed by atoms with Gasteiger partial charge in [0.15, 0.2) is 0 Å². The van der Waals surface area contributed by atoms with Crippen molar-refractivity contribution in [3.05, 3.63) is 34.8 Å². The van der Waals surface area contributed by atoms with E-state index in [1.165, 1.54) is 0 Å². The van der Waals surface area contributed by atoms with Crippen LogP contribution >= 0.6 is 11.3 Å². The maximum Gasteiger partial charge on any atom is 0.0998 e. The Kier molecular flexibility index (Phi) is 3.05. The molecule has 0 fully saturated rings. The first-order valence-corrected chi connectivity index (χ1v) is 5.51. The first-order chi connectivity index (χ1) is 7.40. The molecule has 0 saturated carbocycles. The summed E-state index contributed by atoms with van der Waals surface area (Å²) in [6, 6.07) is 7.87. The molecule has 0 amide bonds. The number of aryl methyl sites for hydroxylation is 1. The van der Waals surface area contributed by atoms with E-state index < -0.39 is 0 Å². The second-order valence-electron chi connectivity index (χ2n) is 3.00. The Morgan fingerprint density at radius 2 is 2.27 bits per heavy atom.